The van der Waals surface area contributed by atoms with Crippen LogP contribution in [0.15, 0.2) is 24.3 Å². The number of carbonyl (C=O) groups excluding carboxylic acids is 4. The molecule has 3 aliphatic carbocycles. The van der Waals surface area contributed by atoms with Crippen LogP contribution in [0.2, 0.25) is 0 Å². The van der Waals surface area contributed by atoms with Crippen molar-refractivity contribution in [1.82, 2.24) is 5.06 Å². The number of hydroxylamine groups is 2. The molecule has 1 heterocycles. The number of ketones is 1. The van der Waals surface area contributed by atoms with Gasteiger partial charge in [0.1, 0.15) is 5.78 Å². The maximum Gasteiger partial charge on any atom is 0.330 e. The summed E-state index contributed by atoms with van der Waals surface area (Å²) in [6.45, 7) is 1.14. The lowest BCUT2D eigenvalue weighted by Crippen LogP contribution is -2.44. The molecular formula is C16H13NO5. The molecule has 2 amide bonds. The molecule has 6 nitrogen and oxygen atoms in total. The standard InChI is InChI=1S/C16H13NO5/c1-7(18)22-17-15(20)13-10-6-11(19)12(14(13)16(17)21)9-5-3-2-4-8(9)10/h2-5,10,12-14H,6H2,1H3. The summed E-state index contributed by atoms with van der Waals surface area (Å²) in [4.78, 5) is 53.3. The molecule has 4 unspecified atom stereocenters. The number of Topliss-reactive ketones (excluding diaryl/α,β-unsaturated/α-hetero) is 1. The van der Waals surface area contributed by atoms with Crippen molar-refractivity contribution in [2.24, 2.45) is 11.8 Å². The molecule has 1 saturated carbocycles. The molecule has 6 heteroatoms. The Balaban J connectivity index is 1.84. The highest BCUT2D eigenvalue weighted by Crippen LogP contribution is 2.57. The number of carbonyl (C=O) groups is 4. The molecule has 22 heavy (non-hydrogen) atoms. The van der Waals surface area contributed by atoms with Gasteiger partial charge in [0.2, 0.25) is 0 Å². The van der Waals surface area contributed by atoms with Gasteiger partial charge >= 0.3 is 5.97 Å². The van der Waals surface area contributed by atoms with E-state index in [-0.39, 0.29) is 18.1 Å². The minimum Gasteiger partial charge on any atom is -0.331 e. The van der Waals surface area contributed by atoms with E-state index in [9.17, 15) is 19.2 Å². The second kappa shape index (κ2) is 4.25. The SMILES string of the molecule is CC(=O)ON1C(=O)C2C3CC(=O)C(c4ccccc43)C2C1=O. The Hall–Kier alpha value is -2.50. The number of imide groups is 1. The topological polar surface area (TPSA) is 80.8 Å². The van der Waals surface area contributed by atoms with Crippen LogP contribution in [0.1, 0.15) is 36.3 Å². The maximum absolute atomic E-state index is 12.5. The summed E-state index contributed by atoms with van der Waals surface area (Å²) in [7, 11) is 0. The van der Waals surface area contributed by atoms with Gasteiger partial charge in [0, 0.05) is 19.3 Å². The quantitative estimate of drug-likeness (QED) is 0.720. The third-order valence-electron chi connectivity index (χ3n) is 4.87. The summed E-state index contributed by atoms with van der Waals surface area (Å²) in [6.07, 6.45) is 0.260. The van der Waals surface area contributed by atoms with Crippen LogP contribution in [0, 0.1) is 11.8 Å². The van der Waals surface area contributed by atoms with E-state index in [4.69, 9.17) is 4.84 Å². The van der Waals surface area contributed by atoms with Gasteiger partial charge in [0.05, 0.1) is 17.8 Å². The highest BCUT2D eigenvalue weighted by atomic mass is 16.7. The molecule has 1 aliphatic heterocycles. The van der Waals surface area contributed by atoms with E-state index < -0.39 is 35.5 Å². The fourth-order valence-electron chi connectivity index (χ4n) is 4.15. The molecule has 0 spiro atoms. The Kier molecular flexibility index (Phi) is 2.55. The van der Waals surface area contributed by atoms with Gasteiger partial charge in [0.25, 0.3) is 11.8 Å². The minimum atomic E-state index is -0.743. The molecule has 4 atom stereocenters. The zero-order valence-corrected chi connectivity index (χ0v) is 11.8. The van der Waals surface area contributed by atoms with Gasteiger partial charge in [-0.05, 0) is 11.1 Å². The van der Waals surface area contributed by atoms with Crippen LogP contribution in [-0.2, 0) is 24.0 Å². The highest BCUT2D eigenvalue weighted by molar-refractivity contribution is 6.10. The summed E-state index contributed by atoms with van der Waals surface area (Å²) in [5.74, 6) is -4.10. The fourth-order valence-corrected chi connectivity index (χ4v) is 4.15. The molecule has 2 bridgehead atoms. The van der Waals surface area contributed by atoms with E-state index in [2.05, 4.69) is 0 Å². The van der Waals surface area contributed by atoms with Gasteiger partial charge in [-0.3, -0.25) is 14.4 Å². The Morgan fingerprint density at radius 3 is 2.41 bits per heavy atom. The number of benzene rings is 1. The first-order chi connectivity index (χ1) is 10.5. The molecule has 4 aliphatic rings. The fraction of sp³-hybridized carbons (Fsp3) is 0.375. The second-order valence-electron chi connectivity index (χ2n) is 5.99. The summed E-state index contributed by atoms with van der Waals surface area (Å²) in [5, 5.41) is 0.558. The van der Waals surface area contributed by atoms with Crippen LogP contribution >= 0.6 is 0 Å². The summed E-state index contributed by atoms with van der Waals surface area (Å²) < 4.78 is 0. The zero-order chi connectivity index (χ0) is 15.6. The number of hydrogen-bond donors (Lipinski definition) is 0. The van der Waals surface area contributed by atoms with Crippen molar-refractivity contribution in [2.45, 2.75) is 25.2 Å². The van der Waals surface area contributed by atoms with Crippen LogP contribution in [0.3, 0.4) is 0 Å². The number of nitrogens with zero attached hydrogens (tertiary/aromatic N) is 1. The van der Waals surface area contributed by atoms with Gasteiger partial charge in [-0.1, -0.05) is 24.3 Å². The van der Waals surface area contributed by atoms with Gasteiger partial charge in [-0.15, -0.1) is 5.06 Å². The van der Waals surface area contributed by atoms with E-state index in [0.29, 0.717) is 5.06 Å². The summed E-state index contributed by atoms with van der Waals surface area (Å²) in [5.41, 5.74) is 1.79. The Labute approximate surface area is 126 Å². The largest absolute Gasteiger partial charge is 0.331 e. The first-order valence-corrected chi connectivity index (χ1v) is 7.18. The molecule has 5 rings (SSSR count). The number of rotatable bonds is 1. The molecular weight excluding hydrogens is 286 g/mol. The van der Waals surface area contributed by atoms with E-state index in [1.165, 1.54) is 0 Å². The minimum absolute atomic E-state index is 0.0178. The van der Waals surface area contributed by atoms with E-state index >= 15 is 0 Å². The van der Waals surface area contributed by atoms with Crippen LogP contribution in [0.4, 0.5) is 0 Å². The molecule has 1 aromatic rings. The summed E-state index contributed by atoms with van der Waals surface area (Å²) in [6, 6.07) is 7.44. The monoisotopic (exact) mass is 299 g/mol. The number of hydrogen-bond acceptors (Lipinski definition) is 5. The van der Waals surface area contributed by atoms with E-state index in [1.807, 2.05) is 24.3 Å². The summed E-state index contributed by atoms with van der Waals surface area (Å²) >= 11 is 0. The van der Waals surface area contributed by atoms with Gasteiger partial charge in [-0.25, -0.2) is 4.79 Å². The first kappa shape index (κ1) is 13.2. The van der Waals surface area contributed by atoms with Crippen molar-refractivity contribution < 1.29 is 24.0 Å². The molecule has 0 radical (unpaired) electrons. The van der Waals surface area contributed by atoms with E-state index in [0.717, 1.165) is 18.1 Å². The molecule has 112 valence electrons. The molecule has 1 saturated heterocycles. The number of amides is 2. The third kappa shape index (κ3) is 1.49. The second-order valence-corrected chi connectivity index (χ2v) is 5.99. The van der Waals surface area contributed by atoms with Gasteiger partial charge in [-0.2, -0.15) is 0 Å². The average molecular weight is 299 g/mol. The maximum atomic E-state index is 12.5. The van der Waals surface area contributed by atoms with E-state index in [1.54, 1.807) is 0 Å². The zero-order valence-electron chi connectivity index (χ0n) is 11.8. The Bertz CT molecular complexity index is 740. The van der Waals surface area contributed by atoms with Gasteiger partial charge in [0.15, 0.2) is 0 Å². The van der Waals surface area contributed by atoms with Crippen LogP contribution in [-0.4, -0.2) is 28.6 Å². The van der Waals surface area contributed by atoms with Crippen LogP contribution < -0.4 is 0 Å². The van der Waals surface area contributed by atoms with Crippen molar-refractivity contribution in [2.75, 3.05) is 0 Å². The lowest BCUT2D eigenvalue weighted by Gasteiger charge is -2.43. The normalized spacial score (nSPS) is 32.0. The van der Waals surface area contributed by atoms with Crippen molar-refractivity contribution >= 4 is 23.6 Å². The molecule has 2 fully saturated rings. The third-order valence-corrected chi connectivity index (χ3v) is 4.87. The van der Waals surface area contributed by atoms with Crippen molar-refractivity contribution in [1.29, 1.82) is 0 Å². The highest BCUT2D eigenvalue weighted by Gasteiger charge is 2.63. The average Bonchev–Trinajstić information content (AvgIpc) is 2.73. The Morgan fingerprint density at radius 1 is 1.09 bits per heavy atom. The first-order valence-electron chi connectivity index (χ1n) is 7.18. The lowest BCUT2D eigenvalue weighted by molar-refractivity contribution is -0.197. The predicted octanol–water partition coefficient (Wildman–Crippen LogP) is 0.920. The Morgan fingerprint density at radius 2 is 1.73 bits per heavy atom. The van der Waals surface area contributed by atoms with Crippen LogP contribution in [0.25, 0.3) is 0 Å². The van der Waals surface area contributed by atoms with Crippen molar-refractivity contribution in [3.63, 3.8) is 0 Å². The molecule has 0 aromatic heterocycles. The molecule has 1 aromatic carbocycles. The number of fused-ring (bicyclic) bond motifs is 1. The molecule has 0 N–H and O–H groups in total. The predicted molar refractivity (Wildman–Crippen MR) is 72.1 cm³/mol. The van der Waals surface area contributed by atoms with Crippen molar-refractivity contribution in [3.8, 4) is 0 Å². The van der Waals surface area contributed by atoms with Gasteiger partial charge < -0.3 is 4.84 Å². The van der Waals surface area contributed by atoms with Crippen LogP contribution in [0.5, 0.6) is 0 Å². The lowest BCUT2D eigenvalue weighted by atomic mass is 9.56. The smallest absolute Gasteiger partial charge is 0.330 e. The van der Waals surface area contributed by atoms with Crippen molar-refractivity contribution in [3.05, 3.63) is 35.4 Å².